The van der Waals surface area contributed by atoms with Gasteiger partial charge in [-0.2, -0.15) is 0 Å². The molecular formula is C25H43NO2. The van der Waals surface area contributed by atoms with Crippen LogP contribution < -0.4 is 5.32 Å². The van der Waals surface area contributed by atoms with Crippen LogP contribution in [-0.2, 0) is 0 Å². The van der Waals surface area contributed by atoms with Gasteiger partial charge in [0.2, 0.25) is 0 Å². The monoisotopic (exact) mass is 389 g/mol. The first-order valence-electron chi connectivity index (χ1n) is 12.1. The maximum Gasteiger partial charge on any atom is 0.0610 e. The molecule has 0 aromatic rings. The van der Waals surface area contributed by atoms with E-state index in [1.165, 1.54) is 44.1 Å². The van der Waals surface area contributed by atoms with Gasteiger partial charge in [0.05, 0.1) is 12.2 Å². The lowest BCUT2D eigenvalue weighted by atomic mass is 9.52. The number of fused-ring (bicyclic) bond motifs is 1. The maximum atomic E-state index is 11.5. The first kappa shape index (κ1) is 20.9. The molecular weight excluding hydrogens is 346 g/mol. The Labute approximate surface area is 172 Å². The Bertz CT molecular complexity index is 571. The summed E-state index contributed by atoms with van der Waals surface area (Å²) >= 11 is 0. The second-order valence-corrected chi connectivity index (χ2v) is 11.2. The minimum Gasteiger partial charge on any atom is -0.393 e. The van der Waals surface area contributed by atoms with Crippen molar-refractivity contribution in [3.05, 3.63) is 12.2 Å². The molecule has 4 aliphatic rings. The van der Waals surface area contributed by atoms with Gasteiger partial charge in [-0.3, -0.25) is 0 Å². The predicted octanol–water partition coefficient (Wildman–Crippen LogP) is 4.82. The molecule has 0 radical (unpaired) electrons. The van der Waals surface area contributed by atoms with E-state index >= 15 is 0 Å². The molecule has 0 aliphatic heterocycles. The van der Waals surface area contributed by atoms with E-state index in [1.54, 1.807) is 0 Å². The Morgan fingerprint density at radius 3 is 2.46 bits per heavy atom. The summed E-state index contributed by atoms with van der Waals surface area (Å²) in [5.41, 5.74) is 1.65. The van der Waals surface area contributed by atoms with Gasteiger partial charge in [0.25, 0.3) is 0 Å². The molecule has 0 spiro atoms. The molecule has 0 saturated heterocycles. The van der Waals surface area contributed by atoms with Crippen LogP contribution in [0.2, 0.25) is 0 Å². The number of aliphatic hydroxyl groups is 2. The normalized spacial score (nSPS) is 47.9. The summed E-state index contributed by atoms with van der Waals surface area (Å²) in [4.78, 5) is 0. The molecule has 7 atom stereocenters. The molecule has 28 heavy (non-hydrogen) atoms. The SMILES string of the molecule is C=C1CCC2[C@H](O)C([C@@]3(C)CC[C@H](O)C[C@@H]3CNC3CCCCC3)CC[C@]12C. The third-order valence-corrected chi connectivity index (χ3v) is 9.79. The van der Waals surface area contributed by atoms with Crippen LogP contribution in [0.5, 0.6) is 0 Å². The summed E-state index contributed by atoms with van der Waals surface area (Å²) in [5.74, 6) is 1.21. The molecule has 0 bridgehead atoms. The van der Waals surface area contributed by atoms with Gasteiger partial charge in [0.1, 0.15) is 0 Å². The molecule has 0 heterocycles. The Morgan fingerprint density at radius 2 is 1.71 bits per heavy atom. The third kappa shape index (κ3) is 3.61. The minimum absolute atomic E-state index is 0.131. The van der Waals surface area contributed by atoms with E-state index in [-0.39, 0.29) is 23.0 Å². The van der Waals surface area contributed by atoms with Gasteiger partial charge >= 0.3 is 0 Å². The fourth-order valence-corrected chi connectivity index (χ4v) is 7.55. The van der Waals surface area contributed by atoms with Gasteiger partial charge in [-0.15, -0.1) is 0 Å². The van der Waals surface area contributed by atoms with Crippen LogP contribution in [0.25, 0.3) is 0 Å². The Balaban J connectivity index is 1.49. The van der Waals surface area contributed by atoms with Gasteiger partial charge in [-0.25, -0.2) is 0 Å². The first-order chi connectivity index (χ1) is 13.3. The summed E-state index contributed by atoms with van der Waals surface area (Å²) in [6.45, 7) is 10.1. The molecule has 0 aromatic heterocycles. The quantitative estimate of drug-likeness (QED) is 0.604. The Hall–Kier alpha value is -0.380. The highest BCUT2D eigenvalue weighted by atomic mass is 16.3. The molecule has 4 fully saturated rings. The van der Waals surface area contributed by atoms with Gasteiger partial charge < -0.3 is 15.5 Å². The number of nitrogens with one attached hydrogen (secondary N) is 1. The van der Waals surface area contributed by atoms with E-state index in [2.05, 4.69) is 25.7 Å². The molecule has 3 N–H and O–H groups in total. The first-order valence-corrected chi connectivity index (χ1v) is 12.1. The fourth-order valence-electron chi connectivity index (χ4n) is 7.55. The number of rotatable bonds is 4. The molecule has 4 rings (SSSR count). The lowest BCUT2D eigenvalue weighted by Crippen LogP contribution is -2.54. The van der Waals surface area contributed by atoms with Crippen molar-refractivity contribution in [1.29, 1.82) is 0 Å². The maximum absolute atomic E-state index is 11.5. The molecule has 2 unspecified atom stereocenters. The third-order valence-electron chi connectivity index (χ3n) is 9.79. The highest BCUT2D eigenvalue weighted by Crippen LogP contribution is 2.61. The molecule has 4 saturated carbocycles. The van der Waals surface area contributed by atoms with Crippen molar-refractivity contribution in [3.63, 3.8) is 0 Å². The molecule has 0 aromatic carbocycles. The van der Waals surface area contributed by atoms with Crippen molar-refractivity contribution < 1.29 is 10.2 Å². The summed E-state index contributed by atoms with van der Waals surface area (Å²) in [7, 11) is 0. The van der Waals surface area contributed by atoms with Crippen molar-refractivity contribution in [3.8, 4) is 0 Å². The van der Waals surface area contributed by atoms with Crippen LogP contribution in [0.1, 0.15) is 90.9 Å². The van der Waals surface area contributed by atoms with Gasteiger partial charge in [-0.05, 0) is 92.9 Å². The zero-order valence-electron chi connectivity index (χ0n) is 18.3. The van der Waals surface area contributed by atoms with Crippen LogP contribution in [0.3, 0.4) is 0 Å². The lowest BCUT2D eigenvalue weighted by Gasteiger charge is -2.55. The van der Waals surface area contributed by atoms with Crippen molar-refractivity contribution in [2.24, 2.45) is 28.6 Å². The largest absolute Gasteiger partial charge is 0.393 e. The average Bonchev–Trinajstić information content (AvgIpc) is 2.99. The molecule has 160 valence electrons. The Morgan fingerprint density at radius 1 is 0.964 bits per heavy atom. The molecule has 3 heteroatoms. The van der Waals surface area contributed by atoms with E-state index in [9.17, 15) is 10.2 Å². The number of hydrogen-bond donors (Lipinski definition) is 3. The van der Waals surface area contributed by atoms with Crippen LogP contribution >= 0.6 is 0 Å². The van der Waals surface area contributed by atoms with E-state index in [1.807, 2.05) is 0 Å². The summed E-state index contributed by atoms with van der Waals surface area (Å²) in [6, 6.07) is 0.662. The van der Waals surface area contributed by atoms with E-state index in [0.717, 1.165) is 45.1 Å². The van der Waals surface area contributed by atoms with E-state index in [0.29, 0.717) is 23.8 Å². The number of aliphatic hydroxyl groups excluding tert-OH is 2. The van der Waals surface area contributed by atoms with Crippen LogP contribution in [0.4, 0.5) is 0 Å². The second kappa shape index (κ2) is 8.04. The van der Waals surface area contributed by atoms with Crippen molar-refractivity contribution in [1.82, 2.24) is 5.32 Å². The molecule has 3 nitrogen and oxygen atoms in total. The van der Waals surface area contributed by atoms with Crippen molar-refractivity contribution in [2.45, 2.75) is 109 Å². The smallest absolute Gasteiger partial charge is 0.0610 e. The Kier molecular flexibility index (Phi) is 5.99. The zero-order chi connectivity index (χ0) is 19.9. The topological polar surface area (TPSA) is 52.5 Å². The fraction of sp³-hybridized carbons (Fsp3) is 0.920. The number of hydrogen-bond acceptors (Lipinski definition) is 3. The van der Waals surface area contributed by atoms with Crippen molar-refractivity contribution >= 4 is 0 Å². The summed E-state index contributed by atoms with van der Waals surface area (Å²) in [6.07, 6.45) is 13.7. The van der Waals surface area contributed by atoms with Crippen LogP contribution in [0.15, 0.2) is 12.2 Å². The van der Waals surface area contributed by atoms with E-state index in [4.69, 9.17) is 0 Å². The van der Waals surface area contributed by atoms with Gasteiger partial charge in [-0.1, -0.05) is 45.3 Å². The summed E-state index contributed by atoms with van der Waals surface area (Å²) in [5, 5.41) is 25.8. The number of allylic oxidation sites excluding steroid dienone is 1. The standard InChI is InChI=1S/C25H43NO2/c1-17-9-10-21-23(28)22(12-14-24(17,21)2)25(3)13-11-20(27)15-18(25)16-26-19-7-5-4-6-8-19/h18-23,26-28H,1,4-16H2,2-3H3/t18-,20+,21?,22?,23+,24-,25+/m1/s1. The van der Waals surface area contributed by atoms with Gasteiger partial charge in [0.15, 0.2) is 0 Å². The highest BCUT2D eigenvalue weighted by Gasteiger charge is 2.56. The lowest BCUT2D eigenvalue weighted by molar-refractivity contribution is -0.118. The van der Waals surface area contributed by atoms with Crippen molar-refractivity contribution in [2.75, 3.05) is 6.54 Å². The zero-order valence-corrected chi connectivity index (χ0v) is 18.3. The minimum atomic E-state index is -0.213. The summed E-state index contributed by atoms with van der Waals surface area (Å²) < 4.78 is 0. The molecule has 0 amide bonds. The van der Waals surface area contributed by atoms with E-state index < -0.39 is 0 Å². The van der Waals surface area contributed by atoms with Gasteiger partial charge in [0, 0.05) is 6.04 Å². The highest BCUT2D eigenvalue weighted by molar-refractivity contribution is 5.21. The average molecular weight is 390 g/mol. The molecule has 4 aliphatic carbocycles. The second-order valence-electron chi connectivity index (χ2n) is 11.2. The predicted molar refractivity (Wildman–Crippen MR) is 115 cm³/mol. The van der Waals surface area contributed by atoms with Crippen LogP contribution in [0, 0.1) is 28.6 Å². The van der Waals surface area contributed by atoms with Crippen LogP contribution in [-0.4, -0.2) is 35.0 Å².